The first-order valence-electron chi connectivity index (χ1n) is 11.2. The topological polar surface area (TPSA) is 67.2 Å². The second-order valence-corrected chi connectivity index (χ2v) is 10.0. The van der Waals surface area contributed by atoms with Gasteiger partial charge >= 0.3 is 0 Å². The van der Waals surface area contributed by atoms with E-state index in [-0.39, 0.29) is 23.4 Å². The number of nitrogens with zero attached hydrogens (tertiary/aromatic N) is 3. The fraction of sp³-hybridized carbons (Fsp3) is 0.346. The number of amides is 2. The molecule has 0 bridgehead atoms. The first kappa shape index (κ1) is 25.4. The van der Waals surface area contributed by atoms with Crippen LogP contribution in [0.3, 0.4) is 0 Å². The molecular weight excluding hydrogens is 455 g/mol. The third-order valence-corrected chi connectivity index (χ3v) is 5.46. The lowest BCUT2D eigenvalue weighted by atomic mass is 9.92. The smallest absolute Gasteiger partial charge is 0.257 e. The van der Waals surface area contributed by atoms with Gasteiger partial charge in [0.1, 0.15) is 18.2 Å². The Bertz CT molecular complexity index is 1180. The lowest BCUT2D eigenvalue weighted by molar-refractivity contribution is -0.117. The maximum Gasteiger partial charge on any atom is 0.257 e. The predicted octanol–water partition coefficient (Wildman–Crippen LogP) is 5.70. The first-order chi connectivity index (χ1) is 16.0. The highest BCUT2D eigenvalue weighted by molar-refractivity contribution is 6.32. The highest BCUT2D eigenvalue weighted by Crippen LogP contribution is 2.29. The molecule has 0 spiro atoms. The monoisotopic (exact) mass is 484 g/mol. The molecule has 0 radical (unpaired) electrons. The van der Waals surface area contributed by atoms with Gasteiger partial charge in [-0.05, 0) is 30.2 Å². The van der Waals surface area contributed by atoms with Gasteiger partial charge < -0.3 is 10.2 Å². The highest BCUT2D eigenvalue weighted by atomic mass is 35.5. The van der Waals surface area contributed by atoms with E-state index in [1.165, 1.54) is 23.1 Å². The zero-order chi connectivity index (χ0) is 25.0. The molecule has 1 N–H and O–H groups in total. The fourth-order valence-electron chi connectivity index (χ4n) is 3.46. The number of nitrogens with one attached hydrogen (secondary N) is 1. The van der Waals surface area contributed by atoms with E-state index in [1.54, 1.807) is 22.9 Å². The largest absolute Gasteiger partial charge is 0.329 e. The van der Waals surface area contributed by atoms with Crippen molar-refractivity contribution in [2.24, 2.45) is 5.92 Å². The zero-order valence-corrected chi connectivity index (χ0v) is 20.9. The van der Waals surface area contributed by atoms with Gasteiger partial charge in [0.25, 0.3) is 5.91 Å². The molecule has 6 nitrogen and oxygen atoms in total. The molecule has 0 saturated heterocycles. The Morgan fingerprint density at radius 2 is 1.76 bits per heavy atom. The standard InChI is InChI=1S/C26H30ClFN4O2/c1-17(2)15-31(25(34)18-10-6-8-12-20(18)28)16-24(33)29-23-14-22(26(3,4)5)30-32(23)21-13-9-7-11-19(21)27/h6-14,17H,15-16H2,1-5H3,(H,29,33). The Balaban J connectivity index is 1.90. The summed E-state index contributed by atoms with van der Waals surface area (Å²) >= 11 is 6.39. The number of hydrogen-bond acceptors (Lipinski definition) is 3. The molecule has 0 unspecified atom stereocenters. The Hall–Kier alpha value is -3.19. The predicted molar refractivity (Wildman–Crippen MR) is 133 cm³/mol. The van der Waals surface area contributed by atoms with Gasteiger partial charge in [0.15, 0.2) is 0 Å². The van der Waals surface area contributed by atoms with E-state index in [0.29, 0.717) is 23.1 Å². The number of para-hydroxylation sites is 1. The molecule has 3 rings (SSSR count). The second kappa shape index (κ2) is 10.4. The van der Waals surface area contributed by atoms with Crippen LogP contribution in [-0.4, -0.2) is 39.6 Å². The molecule has 180 valence electrons. The van der Waals surface area contributed by atoms with Gasteiger partial charge in [0.2, 0.25) is 5.91 Å². The molecule has 1 aromatic heterocycles. The van der Waals surface area contributed by atoms with Crippen molar-refractivity contribution in [2.75, 3.05) is 18.4 Å². The number of rotatable bonds is 7. The molecule has 0 aliphatic heterocycles. The van der Waals surface area contributed by atoms with E-state index < -0.39 is 17.6 Å². The minimum Gasteiger partial charge on any atom is -0.329 e. The molecule has 34 heavy (non-hydrogen) atoms. The maximum atomic E-state index is 14.2. The van der Waals surface area contributed by atoms with Crippen molar-refractivity contribution >= 4 is 29.2 Å². The van der Waals surface area contributed by atoms with Crippen LogP contribution in [0.5, 0.6) is 0 Å². The van der Waals surface area contributed by atoms with Crippen LogP contribution in [0, 0.1) is 11.7 Å². The molecule has 2 amide bonds. The molecular formula is C26H30ClFN4O2. The van der Waals surface area contributed by atoms with Crippen LogP contribution >= 0.6 is 11.6 Å². The third kappa shape index (κ3) is 6.03. The van der Waals surface area contributed by atoms with Crippen LogP contribution in [-0.2, 0) is 10.2 Å². The molecule has 0 saturated carbocycles. The van der Waals surface area contributed by atoms with Crippen molar-refractivity contribution in [1.82, 2.24) is 14.7 Å². The van der Waals surface area contributed by atoms with Crippen molar-refractivity contribution < 1.29 is 14.0 Å². The summed E-state index contributed by atoms with van der Waals surface area (Å²) in [4.78, 5) is 27.5. The first-order valence-corrected chi connectivity index (χ1v) is 11.5. The maximum absolute atomic E-state index is 14.2. The minimum atomic E-state index is -0.617. The number of benzene rings is 2. The minimum absolute atomic E-state index is 0.0629. The van der Waals surface area contributed by atoms with Gasteiger partial charge in [0, 0.05) is 18.0 Å². The molecule has 0 aliphatic carbocycles. The van der Waals surface area contributed by atoms with Crippen LogP contribution < -0.4 is 5.32 Å². The molecule has 8 heteroatoms. The number of halogens is 2. The second-order valence-electron chi connectivity index (χ2n) is 9.64. The van der Waals surface area contributed by atoms with Crippen LogP contribution in [0.2, 0.25) is 5.02 Å². The zero-order valence-electron chi connectivity index (χ0n) is 20.1. The summed E-state index contributed by atoms with van der Waals surface area (Å²) in [5.41, 5.74) is 1.06. The van der Waals surface area contributed by atoms with Gasteiger partial charge in [-0.2, -0.15) is 5.10 Å². The van der Waals surface area contributed by atoms with E-state index in [2.05, 4.69) is 10.4 Å². The van der Waals surface area contributed by atoms with E-state index in [4.69, 9.17) is 11.6 Å². The van der Waals surface area contributed by atoms with Crippen molar-refractivity contribution in [3.8, 4) is 5.69 Å². The van der Waals surface area contributed by atoms with Crippen LogP contribution in [0.15, 0.2) is 54.6 Å². The third-order valence-electron chi connectivity index (χ3n) is 5.14. The summed E-state index contributed by atoms with van der Waals surface area (Å²) in [6, 6.07) is 14.8. The van der Waals surface area contributed by atoms with Crippen LogP contribution in [0.1, 0.15) is 50.7 Å². The number of carbonyl (C=O) groups is 2. The molecule has 0 atom stereocenters. The van der Waals surface area contributed by atoms with Crippen molar-refractivity contribution in [2.45, 2.75) is 40.0 Å². The van der Waals surface area contributed by atoms with Gasteiger partial charge in [-0.3, -0.25) is 9.59 Å². The number of carbonyl (C=O) groups excluding carboxylic acids is 2. The molecule has 3 aromatic rings. The quantitative estimate of drug-likeness (QED) is 0.467. The Labute approximate surface area is 204 Å². The number of anilines is 1. The molecule has 0 aliphatic rings. The summed E-state index contributed by atoms with van der Waals surface area (Å²) in [7, 11) is 0. The molecule has 1 heterocycles. The van der Waals surface area contributed by atoms with Crippen molar-refractivity contribution in [3.63, 3.8) is 0 Å². The van der Waals surface area contributed by atoms with E-state index in [9.17, 15) is 14.0 Å². The summed E-state index contributed by atoms with van der Waals surface area (Å²) in [5, 5.41) is 8.03. The average molecular weight is 485 g/mol. The van der Waals surface area contributed by atoms with E-state index in [0.717, 1.165) is 5.69 Å². The summed E-state index contributed by atoms with van der Waals surface area (Å²) < 4.78 is 15.8. The van der Waals surface area contributed by atoms with E-state index in [1.807, 2.05) is 52.8 Å². The van der Waals surface area contributed by atoms with Gasteiger partial charge in [-0.15, -0.1) is 0 Å². The summed E-state index contributed by atoms with van der Waals surface area (Å²) in [6.45, 7) is 10.0. The number of hydrogen-bond donors (Lipinski definition) is 1. The average Bonchev–Trinajstić information content (AvgIpc) is 3.17. The highest BCUT2D eigenvalue weighted by Gasteiger charge is 2.25. The lowest BCUT2D eigenvalue weighted by Crippen LogP contribution is -2.40. The Morgan fingerprint density at radius 1 is 1.12 bits per heavy atom. The molecule has 2 aromatic carbocycles. The fourth-order valence-corrected chi connectivity index (χ4v) is 3.68. The van der Waals surface area contributed by atoms with Gasteiger partial charge in [-0.25, -0.2) is 9.07 Å². The Morgan fingerprint density at radius 3 is 2.38 bits per heavy atom. The van der Waals surface area contributed by atoms with Crippen LogP contribution in [0.4, 0.5) is 10.2 Å². The lowest BCUT2D eigenvalue weighted by Gasteiger charge is -2.24. The summed E-state index contributed by atoms with van der Waals surface area (Å²) in [6.07, 6.45) is 0. The van der Waals surface area contributed by atoms with E-state index >= 15 is 0 Å². The Kier molecular flexibility index (Phi) is 7.77. The van der Waals surface area contributed by atoms with Gasteiger partial charge in [0.05, 0.1) is 22.0 Å². The van der Waals surface area contributed by atoms with Crippen LogP contribution in [0.25, 0.3) is 5.69 Å². The SMILES string of the molecule is CC(C)CN(CC(=O)Nc1cc(C(C)(C)C)nn1-c1ccccc1Cl)C(=O)c1ccccc1F. The normalized spacial score (nSPS) is 11.5. The van der Waals surface area contributed by atoms with Gasteiger partial charge in [-0.1, -0.05) is 70.5 Å². The molecule has 0 fully saturated rings. The number of aromatic nitrogens is 2. The van der Waals surface area contributed by atoms with Crippen molar-refractivity contribution in [1.29, 1.82) is 0 Å². The van der Waals surface area contributed by atoms with Crippen molar-refractivity contribution in [3.05, 3.63) is 76.7 Å². The summed E-state index contributed by atoms with van der Waals surface area (Å²) in [5.74, 6) is -1.04.